The van der Waals surface area contributed by atoms with Crippen LogP contribution in [0.25, 0.3) is 0 Å². The van der Waals surface area contributed by atoms with Crippen molar-refractivity contribution in [1.82, 2.24) is 0 Å². The first-order valence-electron chi connectivity index (χ1n) is 5.24. The number of nitrogens with zero attached hydrogens (tertiary/aromatic N) is 1. The zero-order valence-corrected chi connectivity index (χ0v) is 9.83. The van der Waals surface area contributed by atoms with E-state index in [9.17, 15) is 4.79 Å². The number of rotatable bonds is 3. The van der Waals surface area contributed by atoms with Gasteiger partial charge in [0.25, 0.3) is 0 Å². The third kappa shape index (κ3) is 2.83. The summed E-state index contributed by atoms with van der Waals surface area (Å²) in [7, 11) is 0. The van der Waals surface area contributed by atoms with Crippen LogP contribution >= 0.6 is 0 Å². The van der Waals surface area contributed by atoms with Crippen LogP contribution in [0.3, 0.4) is 0 Å². The maximum Gasteiger partial charge on any atom is 0.310 e. The van der Waals surface area contributed by atoms with Gasteiger partial charge in [0.15, 0.2) is 0 Å². The molecule has 0 unspecified atom stereocenters. The molecule has 0 aromatic heterocycles. The highest BCUT2D eigenvalue weighted by Gasteiger charge is 2.08. The molecule has 0 aliphatic heterocycles. The molecule has 16 heavy (non-hydrogen) atoms. The molecule has 1 aromatic carbocycles. The molecule has 0 atom stereocenters. The first-order chi connectivity index (χ1) is 7.58. The number of hydrogen-bond acceptors (Lipinski definition) is 3. The first-order valence-corrected chi connectivity index (χ1v) is 5.24. The average molecular weight is 217 g/mol. The molecule has 0 fully saturated rings. The van der Waals surface area contributed by atoms with Gasteiger partial charge in [-0.2, -0.15) is 5.26 Å². The van der Waals surface area contributed by atoms with Crippen molar-refractivity contribution in [3.8, 4) is 6.07 Å². The molecule has 0 aliphatic rings. The zero-order valence-electron chi connectivity index (χ0n) is 9.83. The van der Waals surface area contributed by atoms with Crippen LogP contribution in [-0.2, 0) is 16.0 Å². The van der Waals surface area contributed by atoms with Crippen LogP contribution < -0.4 is 0 Å². The third-order valence-electron chi connectivity index (χ3n) is 2.50. The summed E-state index contributed by atoms with van der Waals surface area (Å²) in [4.78, 5) is 11.3. The Kier molecular flexibility index (Phi) is 4.07. The van der Waals surface area contributed by atoms with Crippen LogP contribution in [0.1, 0.15) is 29.2 Å². The summed E-state index contributed by atoms with van der Waals surface area (Å²) < 4.78 is 4.87. The van der Waals surface area contributed by atoms with E-state index in [0.717, 1.165) is 16.7 Å². The number of carbonyl (C=O) groups excluding carboxylic acids is 1. The minimum absolute atomic E-state index is 0.226. The fraction of sp³-hybridized carbons (Fsp3) is 0.385. The fourth-order valence-corrected chi connectivity index (χ4v) is 1.53. The SMILES string of the molecule is CCOC(=O)Cc1cc(C)c(C)c(C#N)c1. The van der Waals surface area contributed by atoms with Crippen LogP contribution in [0.15, 0.2) is 12.1 Å². The Morgan fingerprint density at radius 2 is 2.12 bits per heavy atom. The van der Waals surface area contributed by atoms with E-state index in [2.05, 4.69) is 6.07 Å². The van der Waals surface area contributed by atoms with Gasteiger partial charge in [0.1, 0.15) is 0 Å². The van der Waals surface area contributed by atoms with Crippen molar-refractivity contribution in [1.29, 1.82) is 5.26 Å². The van der Waals surface area contributed by atoms with Crippen molar-refractivity contribution in [3.05, 3.63) is 34.4 Å². The summed E-state index contributed by atoms with van der Waals surface area (Å²) in [5.74, 6) is -0.255. The van der Waals surface area contributed by atoms with Crippen molar-refractivity contribution in [2.75, 3.05) is 6.61 Å². The molecule has 0 radical (unpaired) electrons. The van der Waals surface area contributed by atoms with Crippen LogP contribution in [0, 0.1) is 25.2 Å². The lowest BCUT2D eigenvalue weighted by Crippen LogP contribution is -2.08. The minimum Gasteiger partial charge on any atom is -0.466 e. The van der Waals surface area contributed by atoms with Crippen LogP contribution in [0.5, 0.6) is 0 Å². The molecule has 3 heteroatoms. The Hall–Kier alpha value is -1.82. The normalized spacial score (nSPS) is 9.62. The number of aryl methyl sites for hydroxylation is 1. The van der Waals surface area contributed by atoms with E-state index in [4.69, 9.17) is 10.00 Å². The van der Waals surface area contributed by atoms with Crippen molar-refractivity contribution in [2.45, 2.75) is 27.2 Å². The number of hydrogen-bond donors (Lipinski definition) is 0. The fourth-order valence-electron chi connectivity index (χ4n) is 1.53. The molecule has 1 aromatic rings. The van der Waals surface area contributed by atoms with Crippen molar-refractivity contribution in [3.63, 3.8) is 0 Å². The van der Waals surface area contributed by atoms with E-state index in [1.54, 1.807) is 13.0 Å². The second-order valence-corrected chi connectivity index (χ2v) is 3.68. The molecule has 0 N–H and O–H groups in total. The predicted molar refractivity (Wildman–Crippen MR) is 61.0 cm³/mol. The van der Waals surface area contributed by atoms with Gasteiger partial charge in [-0.25, -0.2) is 0 Å². The second-order valence-electron chi connectivity index (χ2n) is 3.68. The van der Waals surface area contributed by atoms with Crippen LogP contribution in [-0.4, -0.2) is 12.6 Å². The van der Waals surface area contributed by atoms with Gasteiger partial charge < -0.3 is 4.74 Å². The highest BCUT2D eigenvalue weighted by Crippen LogP contribution is 2.16. The van der Waals surface area contributed by atoms with Crippen LogP contribution in [0.4, 0.5) is 0 Å². The molecule has 84 valence electrons. The molecular formula is C13H15NO2. The number of benzene rings is 1. The molecule has 0 saturated carbocycles. The van der Waals surface area contributed by atoms with Crippen molar-refractivity contribution in [2.24, 2.45) is 0 Å². The molecule has 0 bridgehead atoms. The summed E-state index contributed by atoms with van der Waals surface area (Å²) in [6.45, 7) is 6.00. The van der Waals surface area contributed by atoms with E-state index in [0.29, 0.717) is 12.2 Å². The maximum absolute atomic E-state index is 11.3. The first kappa shape index (κ1) is 12.3. The largest absolute Gasteiger partial charge is 0.466 e. The topological polar surface area (TPSA) is 50.1 Å². The number of ether oxygens (including phenoxy) is 1. The van der Waals surface area contributed by atoms with Gasteiger partial charge >= 0.3 is 5.97 Å². The Bertz CT molecular complexity index is 444. The van der Waals surface area contributed by atoms with E-state index in [-0.39, 0.29) is 12.4 Å². The van der Waals surface area contributed by atoms with Crippen LogP contribution in [0.2, 0.25) is 0 Å². The van der Waals surface area contributed by atoms with E-state index in [1.807, 2.05) is 19.9 Å². The van der Waals surface area contributed by atoms with E-state index >= 15 is 0 Å². The standard InChI is InChI=1S/C13H15NO2/c1-4-16-13(15)7-11-5-9(2)10(3)12(6-11)8-14/h5-6H,4,7H2,1-3H3. The summed E-state index contributed by atoms with van der Waals surface area (Å²) >= 11 is 0. The predicted octanol–water partition coefficient (Wildman–Crippen LogP) is 2.28. The lowest BCUT2D eigenvalue weighted by Gasteiger charge is -2.07. The van der Waals surface area contributed by atoms with E-state index < -0.39 is 0 Å². The number of esters is 1. The van der Waals surface area contributed by atoms with Crippen molar-refractivity contribution >= 4 is 5.97 Å². The van der Waals surface area contributed by atoms with Gasteiger partial charge in [-0.15, -0.1) is 0 Å². The van der Waals surface area contributed by atoms with Gasteiger partial charge in [-0.05, 0) is 43.5 Å². The minimum atomic E-state index is -0.255. The van der Waals surface area contributed by atoms with Gasteiger partial charge in [-0.3, -0.25) is 4.79 Å². The number of nitriles is 1. The lowest BCUT2D eigenvalue weighted by atomic mass is 9.99. The van der Waals surface area contributed by atoms with Gasteiger partial charge in [-0.1, -0.05) is 6.07 Å². The van der Waals surface area contributed by atoms with E-state index in [1.165, 1.54) is 0 Å². The molecule has 0 aliphatic carbocycles. The third-order valence-corrected chi connectivity index (χ3v) is 2.50. The summed E-state index contributed by atoms with van der Waals surface area (Å²) in [6, 6.07) is 5.80. The van der Waals surface area contributed by atoms with Crippen molar-refractivity contribution < 1.29 is 9.53 Å². The highest BCUT2D eigenvalue weighted by atomic mass is 16.5. The number of carbonyl (C=O) groups is 1. The second kappa shape index (κ2) is 5.32. The molecule has 0 spiro atoms. The maximum atomic E-state index is 11.3. The Morgan fingerprint density at radius 1 is 1.44 bits per heavy atom. The molecule has 1 rings (SSSR count). The molecule has 3 nitrogen and oxygen atoms in total. The average Bonchev–Trinajstić information content (AvgIpc) is 2.23. The van der Waals surface area contributed by atoms with Gasteiger partial charge in [0.2, 0.25) is 0 Å². The lowest BCUT2D eigenvalue weighted by molar-refractivity contribution is -0.142. The molecule has 0 saturated heterocycles. The quantitative estimate of drug-likeness (QED) is 0.730. The smallest absolute Gasteiger partial charge is 0.310 e. The summed E-state index contributed by atoms with van der Waals surface area (Å²) in [6.07, 6.45) is 0.226. The zero-order chi connectivity index (χ0) is 12.1. The Balaban J connectivity index is 2.95. The summed E-state index contributed by atoms with van der Waals surface area (Å²) in [5.41, 5.74) is 3.45. The molecule has 0 amide bonds. The summed E-state index contributed by atoms with van der Waals surface area (Å²) in [5, 5.41) is 8.94. The highest BCUT2D eigenvalue weighted by molar-refractivity contribution is 5.73. The van der Waals surface area contributed by atoms with Gasteiger partial charge in [0.05, 0.1) is 24.7 Å². The Morgan fingerprint density at radius 3 is 2.69 bits per heavy atom. The Labute approximate surface area is 95.7 Å². The molecule has 0 heterocycles. The van der Waals surface area contributed by atoms with Gasteiger partial charge in [0, 0.05) is 0 Å². The monoisotopic (exact) mass is 217 g/mol. The molecular weight excluding hydrogens is 202 g/mol.